The summed E-state index contributed by atoms with van der Waals surface area (Å²) in [5.74, 6) is 0.212. The van der Waals surface area contributed by atoms with E-state index in [1.54, 1.807) is 18.2 Å². The summed E-state index contributed by atoms with van der Waals surface area (Å²) in [7, 11) is -2.14. The Morgan fingerprint density at radius 2 is 2.00 bits per heavy atom. The highest BCUT2D eigenvalue weighted by molar-refractivity contribution is 7.90. The highest BCUT2D eigenvalue weighted by Gasteiger charge is 2.31. The van der Waals surface area contributed by atoms with Crippen molar-refractivity contribution in [1.29, 1.82) is 0 Å². The fourth-order valence-electron chi connectivity index (χ4n) is 2.69. The molecule has 2 aromatic rings. The molecule has 1 aromatic carbocycles. The lowest BCUT2D eigenvalue weighted by atomic mass is 10.1. The van der Waals surface area contributed by atoms with E-state index in [9.17, 15) is 23.3 Å². The second-order valence-electron chi connectivity index (χ2n) is 5.86. The molecule has 136 valence electrons. The van der Waals surface area contributed by atoms with Crippen LogP contribution in [0, 0.1) is 10.1 Å². The molecule has 0 radical (unpaired) electrons. The monoisotopic (exact) mass is 377 g/mol. The number of aromatic nitrogens is 2. The Morgan fingerprint density at radius 1 is 1.31 bits per heavy atom. The van der Waals surface area contributed by atoms with Crippen molar-refractivity contribution in [2.45, 2.75) is 18.2 Å². The van der Waals surface area contributed by atoms with Crippen molar-refractivity contribution in [3.8, 4) is 0 Å². The van der Waals surface area contributed by atoms with E-state index >= 15 is 0 Å². The number of hydrogen-bond donors (Lipinski definition) is 0. The zero-order valence-corrected chi connectivity index (χ0v) is 14.8. The molecule has 0 N–H and O–H groups in total. The van der Waals surface area contributed by atoms with Crippen molar-refractivity contribution in [1.82, 2.24) is 14.9 Å². The number of fused-ring (bicyclic) bond motifs is 1. The van der Waals surface area contributed by atoms with Crippen LogP contribution in [0.3, 0.4) is 0 Å². The number of anilines is 1. The molecule has 0 unspecified atom stereocenters. The van der Waals surface area contributed by atoms with E-state index in [4.69, 9.17) is 0 Å². The summed E-state index contributed by atoms with van der Waals surface area (Å²) in [6.07, 6.45) is 2.34. The Morgan fingerprint density at radius 3 is 2.65 bits per heavy atom. The van der Waals surface area contributed by atoms with Gasteiger partial charge in [-0.2, -0.15) is 0 Å². The molecule has 1 aromatic heterocycles. The smallest absolute Gasteiger partial charge is 0.315 e. The minimum Gasteiger partial charge on any atom is -0.315 e. The van der Waals surface area contributed by atoms with Crippen molar-refractivity contribution < 1.29 is 18.1 Å². The molecule has 2 heterocycles. The molecule has 10 nitrogen and oxygen atoms in total. The van der Waals surface area contributed by atoms with Crippen molar-refractivity contribution in [2.75, 3.05) is 18.2 Å². The van der Waals surface area contributed by atoms with Gasteiger partial charge in [0.2, 0.25) is 15.0 Å². The van der Waals surface area contributed by atoms with Gasteiger partial charge in [-0.25, -0.2) is 23.2 Å². The lowest BCUT2D eigenvalue weighted by molar-refractivity contribution is -0.385. The lowest BCUT2D eigenvalue weighted by Crippen LogP contribution is -2.45. The minimum atomic E-state index is -3.60. The van der Waals surface area contributed by atoms with Crippen LogP contribution in [0.4, 0.5) is 16.3 Å². The first-order chi connectivity index (χ1) is 12.2. The maximum absolute atomic E-state index is 12.6. The summed E-state index contributed by atoms with van der Waals surface area (Å²) in [6, 6.07) is 5.75. The van der Waals surface area contributed by atoms with Crippen LogP contribution in [0.15, 0.2) is 35.6 Å². The number of carbonyl (C=O) groups excluding carboxylic acids is 1. The van der Waals surface area contributed by atoms with E-state index in [1.807, 2.05) is 0 Å². The first kappa shape index (κ1) is 17.7. The highest BCUT2D eigenvalue weighted by atomic mass is 32.2. The molecule has 0 aliphatic carbocycles. The van der Waals surface area contributed by atoms with Crippen molar-refractivity contribution in [3.63, 3.8) is 0 Å². The fraction of sp³-hybridized carbons (Fsp3) is 0.267. The Hall–Kier alpha value is -3.08. The number of urea groups is 1. The topological polar surface area (TPSA) is 127 Å². The molecule has 1 aliphatic heterocycles. The second kappa shape index (κ2) is 6.33. The Balaban J connectivity index is 1.95. The van der Waals surface area contributed by atoms with E-state index in [-0.39, 0.29) is 29.8 Å². The van der Waals surface area contributed by atoms with Crippen molar-refractivity contribution in [3.05, 3.63) is 51.7 Å². The maximum Gasteiger partial charge on any atom is 0.326 e. The Kier molecular flexibility index (Phi) is 4.32. The molecule has 0 atom stereocenters. The van der Waals surface area contributed by atoms with Gasteiger partial charge in [0.05, 0.1) is 18.0 Å². The molecule has 0 saturated heterocycles. The molecule has 1 aliphatic rings. The number of carbonyl (C=O) groups is 1. The maximum atomic E-state index is 12.6. The first-order valence-electron chi connectivity index (χ1n) is 7.49. The quantitative estimate of drug-likeness (QED) is 0.447. The van der Waals surface area contributed by atoms with Crippen molar-refractivity contribution in [2.24, 2.45) is 0 Å². The van der Waals surface area contributed by atoms with E-state index in [0.29, 0.717) is 11.1 Å². The van der Waals surface area contributed by atoms with Gasteiger partial charge >= 0.3 is 6.03 Å². The molecule has 0 fully saturated rings. The van der Waals surface area contributed by atoms with Crippen LogP contribution >= 0.6 is 0 Å². The van der Waals surface area contributed by atoms with Crippen LogP contribution < -0.4 is 4.90 Å². The molecule has 0 spiro atoms. The number of hydrogen-bond acceptors (Lipinski definition) is 7. The number of nitro groups is 1. The summed E-state index contributed by atoms with van der Waals surface area (Å²) >= 11 is 0. The summed E-state index contributed by atoms with van der Waals surface area (Å²) in [5, 5.41) is 10.8. The van der Waals surface area contributed by atoms with Gasteiger partial charge in [0.1, 0.15) is 5.82 Å². The molecular weight excluding hydrogens is 362 g/mol. The molecule has 2 amide bonds. The minimum absolute atomic E-state index is 0.0353. The molecule has 26 heavy (non-hydrogen) atoms. The third kappa shape index (κ3) is 3.20. The number of para-hydroxylation sites is 1. The van der Waals surface area contributed by atoms with Crippen LogP contribution in [0.25, 0.3) is 0 Å². The van der Waals surface area contributed by atoms with Gasteiger partial charge in [0, 0.05) is 36.7 Å². The van der Waals surface area contributed by atoms with Crippen molar-refractivity contribution >= 4 is 27.4 Å². The Labute approximate surface area is 149 Å². The SMILES string of the molecule is CN1C(=O)N(Cc2ccccc2[N+](=O)[O-])Cc2cnc(S(C)(=O)=O)nc21. The molecule has 3 rings (SSSR count). The lowest BCUT2D eigenvalue weighted by Gasteiger charge is -2.33. The average Bonchev–Trinajstić information content (AvgIpc) is 2.58. The fourth-order valence-corrected chi connectivity index (χ4v) is 3.19. The number of benzene rings is 1. The predicted octanol–water partition coefficient (Wildman–Crippen LogP) is 1.36. The van der Waals surface area contributed by atoms with Crippen LogP contribution in [-0.4, -0.2) is 47.5 Å². The van der Waals surface area contributed by atoms with Gasteiger partial charge in [-0.3, -0.25) is 15.0 Å². The second-order valence-corrected chi connectivity index (χ2v) is 7.77. The van der Waals surface area contributed by atoms with Gasteiger partial charge in [-0.1, -0.05) is 18.2 Å². The van der Waals surface area contributed by atoms with Crippen LogP contribution in [0.5, 0.6) is 0 Å². The van der Waals surface area contributed by atoms with Gasteiger partial charge < -0.3 is 4.90 Å². The normalized spacial score (nSPS) is 14.3. The number of nitrogens with zero attached hydrogens (tertiary/aromatic N) is 5. The van der Waals surface area contributed by atoms with E-state index < -0.39 is 20.8 Å². The van der Waals surface area contributed by atoms with Gasteiger partial charge in [0.25, 0.3) is 5.69 Å². The van der Waals surface area contributed by atoms with Gasteiger partial charge in [0.15, 0.2) is 0 Å². The van der Waals surface area contributed by atoms with Gasteiger partial charge in [-0.15, -0.1) is 0 Å². The number of sulfone groups is 1. The van der Waals surface area contributed by atoms with Gasteiger partial charge in [-0.05, 0) is 0 Å². The Bertz CT molecular complexity index is 1010. The number of nitro benzene ring substituents is 1. The predicted molar refractivity (Wildman–Crippen MR) is 91.3 cm³/mol. The standard InChI is InChI=1S/C15H15N5O5S/c1-18-13-11(7-16-14(17-13)26(2,24)25)9-19(15(18)21)8-10-5-3-4-6-12(10)20(22)23/h3-7H,8-9H2,1-2H3. The molecule has 0 bridgehead atoms. The average molecular weight is 377 g/mol. The summed E-state index contributed by atoms with van der Waals surface area (Å²) in [4.78, 5) is 33.7. The zero-order valence-electron chi connectivity index (χ0n) is 14.0. The third-order valence-electron chi connectivity index (χ3n) is 3.94. The van der Waals surface area contributed by atoms with Crippen LogP contribution in [0.2, 0.25) is 0 Å². The van der Waals surface area contributed by atoms with E-state index in [0.717, 1.165) is 6.26 Å². The van der Waals surface area contributed by atoms with Crippen LogP contribution in [0.1, 0.15) is 11.1 Å². The first-order valence-corrected chi connectivity index (χ1v) is 9.38. The number of rotatable bonds is 4. The van der Waals surface area contributed by atoms with E-state index in [2.05, 4.69) is 9.97 Å². The molecular formula is C15H15N5O5S. The summed E-state index contributed by atoms with van der Waals surface area (Å²) < 4.78 is 23.2. The third-order valence-corrected chi connectivity index (χ3v) is 4.80. The molecule has 0 saturated carbocycles. The summed E-state index contributed by atoms with van der Waals surface area (Å²) in [5.41, 5.74) is 0.881. The largest absolute Gasteiger partial charge is 0.326 e. The summed E-state index contributed by atoms with van der Waals surface area (Å²) in [6.45, 7) is 0.155. The van der Waals surface area contributed by atoms with E-state index in [1.165, 1.54) is 29.1 Å². The highest BCUT2D eigenvalue weighted by Crippen LogP contribution is 2.28. The zero-order chi connectivity index (χ0) is 19.1. The molecule has 11 heteroatoms. The van der Waals surface area contributed by atoms with Crippen LogP contribution in [-0.2, 0) is 22.9 Å². The number of amides is 2.